The summed E-state index contributed by atoms with van der Waals surface area (Å²) < 4.78 is 176. The molecule has 86 heavy (non-hydrogen) atoms. The van der Waals surface area contributed by atoms with Gasteiger partial charge in [0, 0.05) is 90.9 Å². The summed E-state index contributed by atoms with van der Waals surface area (Å²) in [6.45, 7) is 17.6. The smallest absolute Gasteiger partial charge is 0.741 e. The number of hydrogen-bond donors (Lipinski definition) is 7. The van der Waals surface area contributed by atoms with Crippen LogP contribution in [0.25, 0.3) is 0 Å². The third-order valence-electron chi connectivity index (χ3n) is 14.2. The van der Waals surface area contributed by atoms with Crippen LogP contribution in [0.3, 0.4) is 0 Å². The molecule has 2 saturated heterocycles. The zero-order valence-corrected chi connectivity index (χ0v) is 56.3. The first-order valence-corrected chi connectivity index (χ1v) is 30.5. The van der Waals surface area contributed by atoms with E-state index in [9.17, 15) is 49.1 Å². The molecule has 22 nitrogen and oxygen atoms in total. The molecule has 35 heteroatoms. The number of benzene rings is 2. The van der Waals surface area contributed by atoms with Gasteiger partial charge in [-0.25, -0.2) is 25.3 Å². The number of halogens is 9. The molecule has 2 heterocycles. The van der Waals surface area contributed by atoms with Crippen molar-refractivity contribution in [2.45, 2.75) is 178 Å². The Morgan fingerprint density at radius 1 is 0.488 bits per heavy atom. The third kappa shape index (κ3) is 25.3. The number of aliphatic hydroxyl groups excluding tert-OH is 5. The molecule has 7 N–H and O–H groups in total. The van der Waals surface area contributed by atoms with Gasteiger partial charge in [-0.2, -0.15) is 39.5 Å². The summed E-state index contributed by atoms with van der Waals surface area (Å²) in [6, 6.07) is 10.8. The van der Waals surface area contributed by atoms with Gasteiger partial charge in [-0.05, 0) is 71.6 Å². The fourth-order valence-corrected chi connectivity index (χ4v) is 10.8. The summed E-state index contributed by atoms with van der Waals surface area (Å²) in [7, 11) is -13.3. The minimum absolute atomic E-state index is 0. The summed E-state index contributed by atoms with van der Waals surface area (Å²) in [5, 5.41) is 71.9. The fraction of sp³-hybridized carbons (Fsp3) is 0.725. The molecule has 6 rings (SSSR count). The second-order valence-electron chi connectivity index (χ2n) is 20.4. The number of nitrogens with one attached hydrogen (secondary N) is 2. The van der Waals surface area contributed by atoms with Crippen molar-refractivity contribution in [2.24, 2.45) is 11.8 Å². The zero-order valence-electron chi connectivity index (χ0n) is 50.2. The number of carbonyl (C=O) groups is 2. The van der Waals surface area contributed by atoms with E-state index in [4.69, 9.17) is 64.4 Å². The number of nitrogens with zero attached hydrogens (tertiary/aromatic N) is 2. The Kier molecular flexibility index (Phi) is 40.8. The van der Waals surface area contributed by atoms with E-state index in [2.05, 4.69) is 102 Å². The maximum absolute atomic E-state index is 15.2. The number of rotatable bonds is 12. The maximum atomic E-state index is 15.2. The van der Waals surface area contributed by atoms with Crippen LogP contribution in [0, 0.1) is 63.5 Å². The SMILES string of the molecule is CC(C)c1cccc(C(C)C)c1NC(=O)[C@@H]1C[C@@H]2CCC[C@@H]2[N@@+]1([O-])CCC[N@@+]1([O-])[C@H](C(=O)Nc2c(C(C)C)cccc2C(C)C)C[C@@H]2CCC[C@@H]21.CO.CO.CO.CO.CO.O=S(=O)([O-])C(F)(F)F.O=S(=O)([O-])C(F)(F)F.O=S(=O)([O-])C(F)(F)F.[Pr+3]. The first kappa shape index (κ1) is 89.9. The van der Waals surface area contributed by atoms with E-state index in [0.29, 0.717) is 19.3 Å². The minimum atomic E-state index is -6.09. The number of aliphatic hydroxyl groups is 5. The molecule has 0 bridgehead atoms. The molecule has 0 unspecified atom stereocenters. The van der Waals surface area contributed by atoms with E-state index in [1.165, 1.54) is 0 Å². The van der Waals surface area contributed by atoms with Crippen molar-refractivity contribution < 1.29 is 164 Å². The Morgan fingerprint density at radius 3 is 0.884 bits per heavy atom. The number of hydrogen-bond acceptors (Lipinski definition) is 18. The number of anilines is 2. The fourth-order valence-electron chi connectivity index (χ4n) is 10.8. The topological polar surface area (TPSA) is 377 Å². The number of carbonyl (C=O) groups excluding carboxylic acids is 2. The first-order valence-electron chi connectivity index (χ1n) is 26.3. The molecule has 0 spiro atoms. The molecule has 4 fully saturated rings. The minimum Gasteiger partial charge on any atom is -0.741 e. The molecule has 2 aliphatic carbocycles. The Hall–Kier alpha value is -2.52. The van der Waals surface area contributed by atoms with Gasteiger partial charge in [0.2, 0.25) is 0 Å². The quantitative estimate of drug-likeness (QED) is 0.0349. The van der Waals surface area contributed by atoms with Crippen LogP contribution in [0.1, 0.15) is 159 Å². The molecular formula is C51H84F9N4O18PrS3. The van der Waals surface area contributed by atoms with Crippen molar-refractivity contribution in [3.63, 3.8) is 0 Å². The van der Waals surface area contributed by atoms with Crippen molar-refractivity contribution in [1.82, 2.24) is 0 Å². The Balaban J connectivity index is -0.000000791. The van der Waals surface area contributed by atoms with Crippen LogP contribution in [0.5, 0.6) is 0 Å². The number of para-hydroxylation sites is 2. The van der Waals surface area contributed by atoms with E-state index in [1.54, 1.807) is 0 Å². The molecule has 2 aromatic carbocycles. The molecule has 0 radical (unpaired) electrons. The van der Waals surface area contributed by atoms with Crippen LogP contribution >= 0.6 is 0 Å². The van der Waals surface area contributed by atoms with Crippen LogP contribution in [0.4, 0.5) is 50.9 Å². The number of quaternary nitrogens is 2. The van der Waals surface area contributed by atoms with E-state index in [-0.39, 0.29) is 114 Å². The summed E-state index contributed by atoms with van der Waals surface area (Å²) in [5.74, 6) is 1.02. The van der Waals surface area contributed by atoms with Gasteiger partial charge < -0.3 is 69.5 Å². The summed E-state index contributed by atoms with van der Waals surface area (Å²) in [6.07, 6.45) is 7.28. The molecule has 2 aromatic rings. The van der Waals surface area contributed by atoms with Gasteiger partial charge in [0.25, 0.3) is 11.8 Å². The van der Waals surface area contributed by atoms with Gasteiger partial charge in [0.05, 0.1) is 25.2 Å². The van der Waals surface area contributed by atoms with Crippen molar-refractivity contribution in [3.8, 4) is 0 Å². The molecular weight excluding hydrogens is 1360 g/mol. The van der Waals surface area contributed by atoms with Crippen LogP contribution in [-0.2, 0) is 39.9 Å². The van der Waals surface area contributed by atoms with Crippen LogP contribution in [0.15, 0.2) is 36.4 Å². The molecule has 0 aromatic heterocycles. The molecule has 500 valence electrons. The van der Waals surface area contributed by atoms with Gasteiger partial charge in [0.1, 0.15) is 0 Å². The average Bonchev–Trinajstić information content (AvgIpc) is 1.89. The third-order valence-corrected chi connectivity index (χ3v) is 15.9. The van der Waals surface area contributed by atoms with Gasteiger partial charge in [-0.3, -0.25) is 9.59 Å². The molecule has 2 amide bonds. The second-order valence-corrected chi connectivity index (χ2v) is 24.6. The largest absolute Gasteiger partial charge is 3.00 e. The normalized spacial score (nSPS) is 23.0. The van der Waals surface area contributed by atoms with E-state index in [0.717, 1.165) is 108 Å². The molecule has 8 atom stereocenters. The van der Waals surface area contributed by atoms with Crippen molar-refractivity contribution in [2.75, 3.05) is 59.3 Å². The second kappa shape index (κ2) is 39.0. The number of fused-ring (bicyclic) bond motifs is 2. The maximum Gasteiger partial charge on any atom is 3.00 e. The van der Waals surface area contributed by atoms with Crippen molar-refractivity contribution >= 4 is 53.5 Å². The first-order chi connectivity index (χ1) is 38.9. The van der Waals surface area contributed by atoms with Gasteiger partial charge in [0.15, 0.2) is 42.4 Å². The number of alkyl halides is 9. The monoisotopic (exact) mass is 1450 g/mol. The Bertz CT molecular complexity index is 2410. The predicted octanol–water partition coefficient (Wildman–Crippen LogP) is 7.86. The van der Waals surface area contributed by atoms with E-state index >= 15 is 10.4 Å². The summed E-state index contributed by atoms with van der Waals surface area (Å²) in [4.78, 5) is 28.5. The predicted molar refractivity (Wildman–Crippen MR) is 295 cm³/mol. The number of hydroxylamine groups is 6. The van der Waals surface area contributed by atoms with Gasteiger partial charge >= 0.3 is 57.8 Å². The Labute approximate surface area is 531 Å². The Morgan fingerprint density at radius 2 is 0.698 bits per heavy atom. The van der Waals surface area contributed by atoms with Crippen LogP contribution in [-0.4, -0.2) is 175 Å². The number of amides is 2. The summed E-state index contributed by atoms with van der Waals surface area (Å²) in [5.41, 5.74) is -10.8. The standard InChI is InChI=1S/C43H64N4O4.3CHF3O3S.5CH4O.Pr/c1-26(2)32-16-11-17-33(27(3)4)40(32)44-42(48)38-24-30-14-9-20-36(30)46(38,50)22-13-23-47(51)37-21-10-15-31(37)25-39(47)43(49)45-41-34(28(5)6)18-12-19-35(41)29(7)8;3*2-1(3,4)8(5,6)7;5*1-2;/h11-12,16-19,26-31,36-39H,9-10,13-15,20-25H2,1-8H3,(H,44,48)(H,45,49);3*(H,5,6,7);5*2H,1H3;/q;;;;;;;;;+3/p-3/t30-,31-,36-,37-,38-,39-,46-,47-;;;;;;;;;/m0........./s1. The molecule has 4 aliphatic rings. The van der Waals surface area contributed by atoms with E-state index in [1.807, 2.05) is 0 Å². The molecule has 2 aliphatic heterocycles. The average molecular weight is 1450 g/mol. The van der Waals surface area contributed by atoms with E-state index < -0.39 is 68.3 Å². The zero-order chi connectivity index (χ0) is 67.8. The molecule has 2 saturated carbocycles. The van der Waals surface area contributed by atoms with Crippen LogP contribution in [0.2, 0.25) is 0 Å². The van der Waals surface area contributed by atoms with Gasteiger partial charge in [-0.1, -0.05) is 91.8 Å². The summed E-state index contributed by atoms with van der Waals surface area (Å²) >= 11 is 0. The van der Waals surface area contributed by atoms with Crippen molar-refractivity contribution in [1.29, 1.82) is 0 Å². The van der Waals surface area contributed by atoms with Crippen molar-refractivity contribution in [3.05, 3.63) is 69.1 Å². The van der Waals surface area contributed by atoms with Gasteiger partial charge in [-0.15, -0.1) is 0 Å². The number of likely N-dealkylation sites (tertiary alicyclic amines) is 2. The van der Waals surface area contributed by atoms with Crippen LogP contribution < -0.4 is 10.6 Å².